The first-order chi connectivity index (χ1) is 29.0. The van der Waals surface area contributed by atoms with E-state index in [0.29, 0.717) is 19.3 Å². The molecule has 0 saturated heterocycles. The topological polar surface area (TPSA) is 78.9 Å². The minimum absolute atomic E-state index is 0.0798. The van der Waals surface area contributed by atoms with Crippen LogP contribution in [0.4, 0.5) is 0 Å². The minimum Gasteiger partial charge on any atom is -0.462 e. The molecule has 0 rings (SSSR count). The Hall–Kier alpha value is -2.63. The first-order valence-corrected chi connectivity index (χ1v) is 25.1. The van der Waals surface area contributed by atoms with E-state index in [0.717, 1.165) is 96.3 Å². The van der Waals surface area contributed by atoms with E-state index < -0.39 is 6.10 Å². The number of hydrogen-bond acceptors (Lipinski definition) is 6. The maximum atomic E-state index is 12.8. The summed E-state index contributed by atoms with van der Waals surface area (Å²) in [4.78, 5) is 37.9. The Morgan fingerprint density at radius 3 is 1.03 bits per heavy atom. The highest BCUT2D eigenvalue weighted by Gasteiger charge is 2.19. The summed E-state index contributed by atoms with van der Waals surface area (Å²) in [6, 6.07) is 0. The van der Waals surface area contributed by atoms with E-state index >= 15 is 0 Å². The maximum absolute atomic E-state index is 12.8. The van der Waals surface area contributed by atoms with E-state index in [1.165, 1.54) is 116 Å². The summed E-state index contributed by atoms with van der Waals surface area (Å²) in [5.74, 6) is -0.897. The van der Waals surface area contributed by atoms with Crippen molar-refractivity contribution in [2.75, 3.05) is 13.2 Å². The van der Waals surface area contributed by atoms with Crippen LogP contribution in [-0.2, 0) is 28.6 Å². The molecule has 0 atom stereocenters. The normalized spacial score (nSPS) is 11.9. The number of esters is 3. The quantitative estimate of drug-likeness (QED) is 0.0263. The van der Waals surface area contributed by atoms with Gasteiger partial charge in [0.15, 0.2) is 6.10 Å². The van der Waals surface area contributed by atoms with Crippen molar-refractivity contribution in [2.24, 2.45) is 0 Å². The van der Waals surface area contributed by atoms with Gasteiger partial charge in [-0.2, -0.15) is 0 Å². The van der Waals surface area contributed by atoms with Crippen LogP contribution in [0.1, 0.15) is 252 Å². The smallest absolute Gasteiger partial charge is 0.306 e. The number of rotatable bonds is 45. The van der Waals surface area contributed by atoms with E-state index in [1.807, 2.05) is 0 Å². The standard InChI is InChI=1S/C53H94O6/c1-4-7-10-13-16-19-22-25-26-27-28-29-32-35-38-41-44-47-53(56)59-50(48-57-51(54)45-42-39-36-33-30-23-20-17-14-11-8-5-2)49-58-52(55)46-43-40-37-34-31-24-21-18-15-12-9-6-3/h7,10,16,19,25-26,28-29,50H,4-6,8-9,11-15,17-18,20-24,27,30-49H2,1-3H3/b10-7-,19-16-,26-25-,29-28-. The maximum Gasteiger partial charge on any atom is 0.306 e. The average Bonchev–Trinajstić information content (AvgIpc) is 3.23. The fourth-order valence-corrected chi connectivity index (χ4v) is 7.08. The zero-order valence-electron chi connectivity index (χ0n) is 39.0. The van der Waals surface area contributed by atoms with Crippen molar-refractivity contribution >= 4 is 17.9 Å². The monoisotopic (exact) mass is 827 g/mol. The lowest BCUT2D eigenvalue weighted by molar-refractivity contribution is -0.167. The van der Waals surface area contributed by atoms with Crippen LogP contribution in [0.15, 0.2) is 48.6 Å². The van der Waals surface area contributed by atoms with Gasteiger partial charge in [0.2, 0.25) is 0 Å². The fourth-order valence-electron chi connectivity index (χ4n) is 7.08. The Labute approximate surface area is 365 Å². The highest BCUT2D eigenvalue weighted by Crippen LogP contribution is 2.15. The van der Waals surface area contributed by atoms with Crippen LogP contribution in [0.2, 0.25) is 0 Å². The van der Waals surface area contributed by atoms with Crippen molar-refractivity contribution in [3.05, 3.63) is 48.6 Å². The van der Waals surface area contributed by atoms with Gasteiger partial charge in [-0.1, -0.05) is 223 Å². The first-order valence-electron chi connectivity index (χ1n) is 25.1. The molecule has 0 aliphatic carbocycles. The highest BCUT2D eigenvalue weighted by molar-refractivity contribution is 5.71. The van der Waals surface area contributed by atoms with Crippen LogP contribution >= 0.6 is 0 Å². The Balaban J connectivity index is 4.40. The number of unbranched alkanes of at least 4 members (excludes halogenated alkanes) is 26. The van der Waals surface area contributed by atoms with Gasteiger partial charge in [-0.05, 0) is 57.8 Å². The van der Waals surface area contributed by atoms with Gasteiger partial charge in [0.1, 0.15) is 13.2 Å². The van der Waals surface area contributed by atoms with Crippen molar-refractivity contribution in [1.82, 2.24) is 0 Å². The zero-order valence-corrected chi connectivity index (χ0v) is 39.0. The van der Waals surface area contributed by atoms with Gasteiger partial charge in [-0.3, -0.25) is 14.4 Å². The van der Waals surface area contributed by atoms with Gasteiger partial charge in [-0.15, -0.1) is 0 Å². The average molecular weight is 827 g/mol. The van der Waals surface area contributed by atoms with E-state index in [-0.39, 0.29) is 31.1 Å². The molecule has 0 bridgehead atoms. The van der Waals surface area contributed by atoms with Crippen LogP contribution < -0.4 is 0 Å². The van der Waals surface area contributed by atoms with Crippen LogP contribution in [0.25, 0.3) is 0 Å². The Kier molecular flexibility index (Phi) is 45.9. The third kappa shape index (κ3) is 46.3. The molecule has 6 nitrogen and oxygen atoms in total. The second-order valence-electron chi connectivity index (χ2n) is 16.7. The lowest BCUT2D eigenvalue weighted by Crippen LogP contribution is -2.30. The van der Waals surface area contributed by atoms with Crippen molar-refractivity contribution in [3.8, 4) is 0 Å². The summed E-state index contributed by atoms with van der Waals surface area (Å²) in [7, 11) is 0. The molecule has 0 saturated carbocycles. The van der Waals surface area contributed by atoms with Gasteiger partial charge >= 0.3 is 17.9 Å². The van der Waals surface area contributed by atoms with E-state index in [2.05, 4.69) is 69.4 Å². The van der Waals surface area contributed by atoms with Gasteiger partial charge in [0, 0.05) is 19.3 Å². The fraction of sp³-hybridized carbons (Fsp3) is 0.792. The molecule has 342 valence electrons. The molecule has 0 heterocycles. The summed E-state index contributed by atoms with van der Waals surface area (Å²) in [5, 5.41) is 0. The molecule has 0 amide bonds. The third-order valence-corrected chi connectivity index (χ3v) is 10.8. The van der Waals surface area contributed by atoms with Gasteiger partial charge in [0.25, 0.3) is 0 Å². The lowest BCUT2D eigenvalue weighted by Gasteiger charge is -2.18. The Morgan fingerprint density at radius 1 is 0.356 bits per heavy atom. The number of carbonyl (C=O) groups is 3. The summed E-state index contributed by atoms with van der Waals surface area (Å²) >= 11 is 0. The van der Waals surface area contributed by atoms with Gasteiger partial charge in [-0.25, -0.2) is 0 Å². The van der Waals surface area contributed by atoms with Crippen molar-refractivity contribution in [3.63, 3.8) is 0 Å². The van der Waals surface area contributed by atoms with Gasteiger partial charge < -0.3 is 14.2 Å². The van der Waals surface area contributed by atoms with E-state index in [9.17, 15) is 14.4 Å². The molecule has 0 aliphatic heterocycles. The number of hydrogen-bond donors (Lipinski definition) is 0. The van der Waals surface area contributed by atoms with Gasteiger partial charge in [0.05, 0.1) is 0 Å². The van der Waals surface area contributed by atoms with Crippen LogP contribution in [-0.4, -0.2) is 37.2 Å². The molecule has 6 heteroatoms. The predicted octanol–water partition coefficient (Wildman–Crippen LogP) is 16.3. The molecule has 0 aromatic heterocycles. The summed E-state index contributed by atoms with van der Waals surface area (Å²) in [5.41, 5.74) is 0. The Bertz CT molecular complexity index is 999. The third-order valence-electron chi connectivity index (χ3n) is 10.8. The lowest BCUT2D eigenvalue weighted by atomic mass is 10.0. The SMILES string of the molecule is CC/C=C\C/C=C\C/C=C\C/C=C\CCCCCCC(=O)OC(COC(=O)CCCCCCCCCCCCCC)COC(=O)CCCCCCCCCCCCCC. The zero-order chi connectivity index (χ0) is 43.0. The van der Waals surface area contributed by atoms with Crippen molar-refractivity contribution < 1.29 is 28.6 Å². The molecule has 0 spiro atoms. The highest BCUT2D eigenvalue weighted by atomic mass is 16.6. The molecule has 0 N–H and O–H groups in total. The van der Waals surface area contributed by atoms with Crippen LogP contribution in [0.3, 0.4) is 0 Å². The molecular weight excluding hydrogens is 733 g/mol. The molecule has 59 heavy (non-hydrogen) atoms. The first kappa shape index (κ1) is 56.4. The minimum atomic E-state index is -0.780. The summed E-state index contributed by atoms with van der Waals surface area (Å²) < 4.78 is 16.8. The largest absolute Gasteiger partial charge is 0.462 e. The molecule has 0 aliphatic rings. The van der Waals surface area contributed by atoms with Crippen LogP contribution in [0, 0.1) is 0 Å². The summed E-state index contributed by atoms with van der Waals surface area (Å²) in [6.45, 7) is 6.51. The van der Waals surface area contributed by atoms with Crippen molar-refractivity contribution in [1.29, 1.82) is 0 Å². The second kappa shape index (κ2) is 48.0. The van der Waals surface area contributed by atoms with Crippen molar-refractivity contribution in [2.45, 2.75) is 258 Å². The van der Waals surface area contributed by atoms with Crippen LogP contribution in [0.5, 0.6) is 0 Å². The molecule has 0 unspecified atom stereocenters. The number of carbonyl (C=O) groups excluding carboxylic acids is 3. The number of allylic oxidation sites excluding steroid dienone is 8. The summed E-state index contributed by atoms with van der Waals surface area (Å²) in [6.07, 6.45) is 56.6. The van der Waals surface area contributed by atoms with E-state index in [1.54, 1.807) is 0 Å². The number of ether oxygens (including phenoxy) is 3. The predicted molar refractivity (Wildman–Crippen MR) is 252 cm³/mol. The Morgan fingerprint density at radius 2 is 0.661 bits per heavy atom. The molecule has 0 aromatic carbocycles. The molecule has 0 radical (unpaired) electrons. The molecular formula is C53H94O6. The second-order valence-corrected chi connectivity index (χ2v) is 16.7. The van der Waals surface area contributed by atoms with E-state index in [4.69, 9.17) is 14.2 Å². The molecule has 0 aromatic rings. The molecule has 0 fully saturated rings.